The third kappa shape index (κ3) is 1.41. The van der Waals surface area contributed by atoms with E-state index in [9.17, 15) is 4.79 Å². The van der Waals surface area contributed by atoms with E-state index in [4.69, 9.17) is 0 Å². The second-order valence-electron chi connectivity index (χ2n) is 5.52. The molecule has 1 saturated heterocycles. The number of carbonyl (C=O) groups excluding carboxylic acids is 1. The van der Waals surface area contributed by atoms with Crippen molar-refractivity contribution in [3.05, 3.63) is 65.7 Å². The SMILES string of the molecule is O=C1Nc2ccccc2[C@]12CCN[C@H]2c1ccccc1. The van der Waals surface area contributed by atoms with Gasteiger partial charge in [-0.2, -0.15) is 0 Å². The number of para-hydroxylation sites is 1. The topological polar surface area (TPSA) is 41.1 Å². The monoisotopic (exact) mass is 264 g/mol. The fourth-order valence-electron chi connectivity index (χ4n) is 3.65. The molecular weight excluding hydrogens is 248 g/mol. The van der Waals surface area contributed by atoms with Gasteiger partial charge in [0.05, 0.1) is 11.5 Å². The van der Waals surface area contributed by atoms with Gasteiger partial charge >= 0.3 is 0 Å². The molecule has 2 aliphatic rings. The average molecular weight is 264 g/mol. The summed E-state index contributed by atoms with van der Waals surface area (Å²) in [5.74, 6) is 0.123. The van der Waals surface area contributed by atoms with Gasteiger partial charge in [0.2, 0.25) is 5.91 Å². The maximum atomic E-state index is 12.7. The van der Waals surface area contributed by atoms with Crippen molar-refractivity contribution in [1.82, 2.24) is 5.32 Å². The van der Waals surface area contributed by atoms with E-state index in [1.54, 1.807) is 0 Å². The summed E-state index contributed by atoms with van der Waals surface area (Å²) in [5, 5.41) is 6.57. The Hall–Kier alpha value is -2.13. The zero-order chi connectivity index (χ0) is 13.6. The first-order valence-electron chi connectivity index (χ1n) is 7.02. The van der Waals surface area contributed by atoms with Gasteiger partial charge in [0.1, 0.15) is 0 Å². The van der Waals surface area contributed by atoms with Crippen LogP contribution in [0, 0.1) is 0 Å². The molecule has 1 fully saturated rings. The number of benzene rings is 2. The van der Waals surface area contributed by atoms with Crippen LogP contribution < -0.4 is 10.6 Å². The first-order valence-corrected chi connectivity index (χ1v) is 7.02. The molecule has 3 heteroatoms. The molecule has 0 saturated carbocycles. The largest absolute Gasteiger partial charge is 0.325 e. The number of hydrogen-bond acceptors (Lipinski definition) is 2. The number of fused-ring (bicyclic) bond motifs is 2. The molecule has 4 rings (SSSR count). The molecule has 1 spiro atoms. The molecule has 20 heavy (non-hydrogen) atoms. The molecule has 0 bridgehead atoms. The van der Waals surface area contributed by atoms with Gasteiger partial charge in [0.15, 0.2) is 0 Å². The first-order chi connectivity index (χ1) is 9.82. The number of carbonyl (C=O) groups is 1. The molecule has 2 atom stereocenters. The molecule has 0 aliphatic carbocycles. The molecule has 1 amide bonds. The van der Waals surface area contributed by atoms with Crippen molar-refractivity contribution in [3.63, 3.8) is 0 Å². The maximum absolute atomic E-state index is 12.7. The average Bonchev–Trinajstić information content (AvgIpc) is 3.05. The highest BCUT2D eigenvalue weighted by molar-refractivity contribution is 6.07. The molecule has 2 N–H and O–H groups in total. The van der Waals surface area contributed by atoms with Crippen molar-refractivity contribution >= 4 is 11.6 Å². The van der Waals surface area contributed by atoms with Gasteiger partial charge in [-0.05, 0) is 30.2 Å². The van der Waals surface area contributed by atoms with Crippen LogP contribution in [0.15, 0.2) is 54.6 Å². The summed E-state index contributed by atoms with van der Waals surface area (Å²) in [5.41, 5.74) is 2.81. The molecular formula is C17H16N2O. The Balaban J connectivity index is 1.89. The van der Waals surface area contributed by atoms with E-state index in [0.29, 0.717) is 0 Å². The quantitative estimate of drug-likeness (QED) is 0.831. The summed E-state index contributed by atoms with van der Waals surface area (Å²) in [6, 6.07) is 18.4. The van der Waals surface area contributed by atoms with E-state index in [1.807, 2.05) is 36.4 Å². The van der Waals surface area contributed by atoms with Crippen LogP contribution >= 0.6 is 0 Å². The lowest BCUT2D eigenvalue weighted by Gasteiger charge is -2.29. The van der Waals surface area contributed by atoms with Gasteiger partial charge in [-0.25, -0.2) is 0 Å². The van der Waals surface area contributed by atoms with Crippen LogP contribution in [0.5, 0.6) is 0 Å². The first kappa shape index (κ1) is 11.7. The smallest absolute Gasteiger partial charge is 0.237 e. The third-order valence-electron chi connectivity index (χ3n) is 4.55. The van der Waals surface area contributed by atoms with E-state index in [-0.39, 0.29) is 11.9 Å². The molecule has 2 heterocycles. The Morgan fingerprint density at radius 3 is 2.60 bits per heavy atom. The number of nitrogens with one attached hydrogen (secondary N) is 2. The molecule has 0 radical (unpaired) electrons. The van der Waals surface area contributed by atoms with Crippen LogP contribution in [0.3, 0.4) is 0 Å². The van der Waals surface area contributed by atoms with Crippen LogP contribution in [0.1, 0.15) is 23.6 Å². The van der Waals surface area contributed by atoms with Crippen molar-refractivity contribution in [2.45, 2.75) is 17.9 Å². The van der Waals surface area contributed by atoms with Crippen molar-refractivity contribution in [1.29, 1.82) is 0 Å². The van der Waals surface area contributed by atoms with E-state index in [1.165, 1.54) is 5.56 Å². The zero-order valence-corrected chi connectivity index (χ0v) is 11.1. The summed E-state index contributed by atoms with van der Waals surface area (Å²) in [6.45, 7) is 0.862. The van der Waals surface area contributed by atoms with Gasteiger partial charge < -0.3 is 10.6 Å². The van der Waals surface area contributed by atoms with Crippen LogP contribution in [-0.2, 0) is 10.2 Å². The Kier molecular flexibility index (Phi) is 2.44. The maximum Gasteiger partial charge on any atom is 0.237 e. The molecule has 3 nitrogen and oxygen atoms in total. The lowest BCUT2D eigenvalue weighted by molar-refractivity contribution is -0.121. The molecule has 2 aromatic carbocycles. The predicted octanol–water partition coefficient (Wildman–Crippen LogP) is 2.61. The minimum Gasteiger partial charge on any atom is -0.325 e. The molecule has 0 aromatic heterocycles. The summed E-state index contributed by atoms with van der Waals surface area (Å²) in [7, 11) is 0. The zero-order valence-electron chi connectivity index (χ0n) is 11.1. The van der Waals surface area contributed by atoms with Crippen molar-refractivity contribution in [2.24, 2.45) is 0 Å². The summed E-state index contributed by atoms with van der Waals surface area (Å²) in [4.78, 5) is 12.7. The van der Waals surface area contributed by atoms with Crippen LogP contribution in [0.25, 0.3) is 0 Å². The summed E-state index contributed by atoms with van der Waals surface area (Å²) < 4.78 is 0. The number of rotatable bonds is 1. The van der Waals surface area contributed by atoms with Gasteiger partial charge in [0.25, 0.3) is 0 Å². The standard InChI is InChI=1S/C17H16N2O/c20-16-17(13-8-4-5-9-14(13)19-16)10-11-18-15(17)12-6-2-1-3-7-12/h1-9,15,18H,10-11H2,(H,19,20)/t15-,17-/m0/s1. The third-order valence-corrected chi connectivity index (χ3v) is 4.55. The van der Waals surface area contributed by atoms with Gasteiger partial charge in [-0.15, -0.1) is 0 Å². The minimum atomic E-state index is -0.460. The van der Waals surface area contributed by atoms with Gasteiger partial charge in [-0.3, -0.25) is 4.79 Å². The molecule has 2 aromatic rings. The number of amides is 1. The Bertz CT molecular complexity index is 668. The van der Waals surface area contributed by atoms with Crippen LogP contribution in [0.2, 0.25) is 0 Å². The molecule has 0 unspecified atom stereocenters. The highest BCUT2D eigenvalue weighted by Gasteiger charge is 2.55. The Labute approximate surface area is 118 Å². The van der Waals surface area contributed by atoms with E-state index >= 15 is 0 Å². The van der Waals surface area contributed by atoms with Crippen molar-refractivity contribution in [3.8, 4) is 0 Å². The van der Waals surface area contributed by atoms with E-state index < -0.39 is 5.41 Å². The van der Waals surface area contributed by atoms with Gasteiger partial charge in [0, 0.05) is 5.69 Å². The Morgan fingerprint density at radius 2 is 1.75 bits per heavy atom. The Morgan fingerprint density at radius 1 is 1.00 bits per heavy atom. The predicted molar refractivity (Wildman–Crippen MR) is 78.6 cm³/mol. The van der Waals surface area contributed by atoms with Gasteiger partial charge in [-0.1, -0.05) is 48.5 Å². The fraction of sp³-hybridized carbons (Fsp3) is 0.235. The lowest BCUT2D eigenvalue weighted by atomic mass is 9.73. The number of hydrogen-bond donors (Lipinski definition) is 2. The van der Waals surface area contributed by atoms with Crippen LogP contribution in [0.4, 0.5) is 5.69 Å². The highest BCUT2D eigenvalue weighted by Crippen LogP contribution is 2.50. The van der Waals surface area contributed by atoms with E-state index in [0.717, 1.165) is 24.2 Å². The molecule has 100 valence electrons. The summed E-state index contributed by atoms with van der Waals surface area (Å²) in [6.07, 6.45) is 0.843. The van der Waals surface area contributed by atoms with Crippen molar-refractivity contribution < 1.29 is 4.79 Å². The normalized spacial score (nSPS) is 27.6. The minimum absolute atomic E-state index is 0.0485. The fourth-order valence-corrected chi connectivity index (χ4v) is 3.65. The second kappa shape index (κ2) is 4.18. The van der Waals surface area contributed by atoms with Crippen molar-refractivity contribution in [2.75, 3.05) is 11.9 Å². The summed E-state index contributed by atoms with van der Waals surface area (Å²) >= 11 is 0. The number of anilines is 1. The highest BCUT2D eigenvalue weighted by atomic mass is 16.2. The lowest BCUT2D eigenvalue weighted by Crippen LogP contribution is -2.39. The second-order valence-corrected chi connectivity index (χ2v) is 5.52. The van der Waals surface area contributed by atoms with Crippen LogP contribution in [-0.4, -0.2) is 12.5 Å². The molecule has 2 aliphatic heterocycles. The van der Waals surface area contributed by atoms with E-state index in [2.05, 4.69) is 28.8 Å².